The normalized spacial score (nSPS) is 11.8. The Morgan fingerprint density at radius 3 is 1.89 bits per heavy atom. The van der Waals surface area contributed by atoms with E-state index >= 15 is 0 Å². The maximum atomic E-state index is 6.55. The van der Waals surface area contributed by atoms with Crippen molar-refractivity contribution in [1.82, 2.24) is 0 Å². The largest absolute Gasteiger partial charge is 0.455 e. The fourth-order valence-electron chi connectivity index (χ4n) is 5.84. The van der Waals surface area contributed by atoms with E-state index in [0.717, 1.165) is 16.7 Å². The molecule has 0 amide bonds. The lowest BCUT2D eigenvalue weighted by molar-refractivity contribution is 0.666. The van der Waals surface area contributed by atoms with Gasteiger partial charge in [-0.25, -0.2) is 0 Å². The quantitative estimate of drug-likeness (QED) is 0.233. The van der Waals surface area contributed by atoms with E-state index in [4.69, 9.17) is 4.42 Å². The monoisotopic (exact) mass is 462 g/mol. The molecule has 1 nitrogen and oxygen atoms in total. The molecule has 0 radical (unpaired) electrons. The zero-order valence-electron chi connectivity index (χ0n) is 20.7. The predicted octanol–water partition coefficient (Wildman–Crippen LogP) is 10.2. The van der Waals surface area contributed by atoms with Gasteiger partial charge in [0.1, 0.15) is 11.2 Å². The van der Waals surface area contributed by atoms with Crippen molar-refractivity contribution in [2.45, 2.75) is 20.8 Å². The molecule has 0 saturated carbocycles. The maximum Gasteiger partial charge on any atom is 0.143 e. The van der Waals surface area contributed by atoms with E-state index in [0.29, 0.717) is 0 Å². The Morgan fingerprint density at radius 1 is 0.444 bits per heavy atom. The molecule has 0 fully saturated rings. The molecule has 172 valence electrons. The Morgan fingerprint density at radius 2 is 1.08 bits per heavy atom. The Labute approximate surface area is 210 Å². The number of hydrogen-bond acceptors (Lipinski definition) is 1. The second-order valence-corrected chi connectivity index (χ2v) is 10.0. The summed E-state index contributed by atoms with van der Waals surface area (Å²) in [6, 6.07) is 37.6. The van der Waals surface area contributed by atoms with Gasteiger partial charge in [0.15, 0.2) is 0 Å². The van der Waals surface area contributed by atoms with E-state index in [1.807, 2.05) is 0 Å². The van der Waals surface area contributed by atoms with E-state index in [9.17, 15) is 0 Å². The highest BCUT2D eigenvalue weighted by Gasteiger charge is 2.16. The number of aryl methyl sites for hydroxylation is 3. The lowest BCUT2D eigenvalue weighted by atomic mass is 9.91. The van der Waals surface area contributed by atoms with Gasteiger partial charge in [0.05, 0.1) is 0 Å². The fraction of sp³-hybridized carbons (Fsp3) is 0.0857. The number of rotatable bonds is 2. The SMILES string of the molecule is Cc1cc(C)c2oc3c(-c4cccc(-c5cc6ccccc6c6ccccc56)c4)cc(C)cc3c2c1. The Balaban J connectivity index is 1.50. The van der Waals surface area contributed by atoms with Crippen molar-refractivity contribution in [1.29, 1.82) is 0 Å². The molecule has 0 saturated heterocycles. The van der Waals surface area contributed by atoms with Crippen molar-refractivity contribution >= 4 is 43.5 Å². The van der Waals surface area contributed by atoms with Crippen LogP contribution in [-0.2, 0) is 0 Å². The summed E-state index contributed by atoms with van der Waals surface area (Å²) in [6.45, 7) is 6.46. The van der Waals surface area contributed by atoms with Crippen LogP contribution < -0.4 is 0 Å². The maximum absolute atomic E-state index is 6.55. The first-order chi connectivity index (χ1) is 17.6. The van der Waals surface area contributed by atoms with Crippen LogP contribution in [-0.4, -0.2) is 0 Å². The third-order valence-corrected chi connectivity index (χ3v) is 7.40. The van der Waals surface area contributed by atoms with Crippen molar-refractivity contribution in [3.8, 4) is 22.3 Å². The van der Waals surface area contributed by atoms with Gasteiger partial charge in [0, 0.05) is 16.3 Å². The molecular formula is C35H26O. The first kappa shape index (κ1) is 21.0. The van der Waals surface area contributed by atoms with E-state index in [1.54, 1.807) is 0 Å². The second-order valence-electron chi connectivity index (χ2n) is 10.0. The smallest absolute Gasteiger partial charge is 0.143 e. The first-order valence-corrected chi connectivity index (χ1v) is 12.5. The molecule has 1 heteroatoms. The van der Waals surface area contributed by atoms with Gasteiger partial charge in [-0.1, -0.05) is 72.8 Å². The number of benzene rings is 6. The van der Waals surface area contributed by atoms with Gasteiger partial charge in [-0.2, -0.15) is 0 Å². The van der Waals surface area contributed by atoms with Crippen LogP contribution in [0.3, 0.4) is 0 Å². The van der Waals surface area contributed by atoms with Gasteiger partial charge in [0.2, 0.25) is 0 Å². The zero-order chi connectivity index (χ0) is 24.4. The Bertz CT molecular complexity index is 1970. The van der Waals surface area contributed by atoms with Gasteiger partial charge in [-0.3, -0.25) is 0 Å². The summed E-state index contributed by atoms with van der Waals surface area (Å²) < 4.78 is 6.55. The Hall–Kier alpha value is -4.36. The Kier molecular flexibility index (Phi) is 4.56. The summed E-state index contributed by atoms with van der Waals surface area (Å²) in [5.74, 6) is 0. The van der Waals surface area contributed by atoms with Crippen molar-refractivity contribution in [2.75, 3.05) is 0 Å². The average Bonchev–Trinajstić information content (AvgIpc) is 3.26. The minimum atomic E-state index is 0.963. The molecular weight excluding hydrogens is 436 g/mol. The van der Waals surface area contributed by atoms with Gasteiger partial charge in [0.25, 0.3) is 0 Å². The standard InChI is InChI=1S/C35H26O/c1-21-15-23(3)34-32(17-21)33-18-22(2)16-31(35(33)36-34)25-11-8-10-24(19-25)30-20-26-9-4-5-12-27(26)28-13-6-7-14-29(28)30/h4-20H,1-3H3. The topological polar surface area (TPSA) is 13.1 Å². The van der Waals surface area contributed by atoms with Crippen LogP contribution in [0.15, 0.2) is 108 Å². The van der Waals surface area contributed by atoms with E-state index in [-0.39, 0.29) is 0 Å². The van der Waals surface area contributed by atoms with Crippen LogP contribution in [0.5, 0.6) is 0 Å². The molecule has 0 aliphatic heterocycles. The summed E-state index contributed by atoms with van der Waals surface area (Å²) >= 11 is 0. The van der Waals surface area contributed by atoms with Crippen molar-refractivity contribution in [2.24, 2.45) is 0 Å². The molecule has 0 spiro atoms. The highest BCUT2D eigenvalue weighted by molar-refractivity contribution is 6.14. The third kappa shape index (κ3) is 3.17. The summed E-state index contributed by atoms with van der Waals surface area (Å²) in [6.07, 6.45) is 0. The molecule has 36 heavy (non-hydrogen) atoms. The van der Waals surface area contributed by atoms with Crippen LogP contribution in [0.25, 0.3) is 65.7 Å². The molecule has 0 aliphatic rings. The van der Waals surface area contributed by atoms with Crippen molar-refractivity contribution < 1.29 is 4.42 Å². The minimum absolute atomic E-state index is 0.963. The van der Waals surface area contributed by atoms with Crippen LogP contribution in [0.4, 0.5) is 0 Å². The van der Waals surface area contributed by atoms with Crippen molar-refractivity contribution in [3.05, 3.63) is 120 Å². The molecule has 7 aromatic rings. The summed E-state index contributed by atoms with van der Waals surface area (Å²) in [5.41, 5.74) is 10.4. The second kappa shape index (κ2) is 7.83. The summed E-state index contributed by atoms with van der Waals surface area (Å²) in [5, 5.41) is 7.51. The van der Waals surface area contributed by atoms with E-state index in [1.165, 1.54) is 65.7 Å². The van der Waals surface area contributed by atoms with Crippen LogP contribution in [0.1, 0.15) is 16.7 Å². The fourth-order valence-corrected chi connectivity index (χ4v) is 5.84. The molecule has 0 atom stereocenters. The van der Waals surface area contributed by atoms with Gasteiger partial charge < -0.3 is 4.42 Å². The van der Waals surface area contributed by atoms with Crippen LogP contribution in [0, 0.1) is 20.8 Å². The highest BCUT2D eigenvalue weighted by atomic mass is 16.3. The molecule has 0 bridgehead atoms. The molecule has 0 N–H and O–H groups in total. The molecule has 6 aromatic carbocycles. The van der Waals surface area contributed by atoms with E-state index in [2.05, 4.69) is 124 Å². The minimum Gasteiger partial charge on any atom is -0.455 e. The molecule has 1 heterocycles. The zero-order valence-corrected chi connectivity index (χ0v) is 20.7. The lowest BCUT2D eigenvalue weighted by Gasteiger charge is -2.13. The number of hydrogen-bond donors (Lipinski definition) is 0. The molecule has 1 aromatic heterocycles. The summed E-state index contributed by atoms with van der Waals surface area (Å²) in [7, 11) is 0. The summed E-state index contributed by atoms with van der Waals surface area (Å²) in [4.78, 5) is 0. The number of fused-ring (bicyclic) bond motifs is 6. The van der Waals surface area contributed by atoms with Gasteiger partial charge >= 0.3 is 0 Å². The predicted molar refractivity (Wildman–Crippen MR) is 154 cm³/mol. The van der Waals surface area contributed by atoms with Crippen molar-refractivity contribution in [3.63, 3.8) is 0 Å². The van der Waals surface area contributed by atoms with Crippen LogP contribution >= 0.6 is 0 Å². The third-order valence-electron chi connectivity index (χ3n) is 7.40. The molecule has 0 unspecified atom stereocenters. The van der Waals surface area contributed by atoms with Crippen LogP contribution in [0.2, 0.25) is 0 Å². The molecule has 7 rings (SSSR count). The first-order valence-electron chi connectivity index (χ1n) is 12.5. The average molecular weight is 463 g/mol. The van der Waals surface area contributed by atoms with Gasteiger partial charge in [-0.15, -0.1) is 0 Å². The highest BCUT2D eigenvalue weighted by Crippen LogP contribution is 2.41. The van der Waals surface area contributed by atoms with Gasteiger partial charge in [-0.05, 0) is 106 Å². The number of furan rings is 1. The lowest BCUT2D eigenvalue weighted by Crippen LogP contribution is -1.87. The van der Waals surface area contributed by atoms with E-state index < -0.39 is 0 Å². The molecule has 0 aliphatic carbocycles.